The fourth-order valence-electron chi connectivity index (χ4n) is 1.59. The van der Waals surface area contributed by atoms with Crippen LogP contribution in [-0.2, 0) is 0 Å². The summed E-state index contributed by atoms with van der Waals surface area (Å²) in [4.78, 5) is 19.4. The lowest BCUT2D eigenvalue weighted by molar-refractivity contribution is 0.0840. The molecule has 0 aliphatic rings. The molecule has 1 amide bonds. The van der Waals surface area contributed by atoms with Gasteiger partial charge in [0.2, 0.25) is 0 Å². The van der Waals surface area contributed by atoms with Crippen molar-refractivity contribution >= 4 is 11.7 Å². The summed E-state index contributed by atoms with van der Waals surface area (Å²) < 4.78 is 5.38. The van der Waals surface area contributed by atoms with E-state index in [-0.39, 0.29) is 24.7 Å². The van der Waals surface area contributed by atoms with Gasteiger partial charge in [0.05, 0.1) is 0 Å². The average Bonchev–Trinajstić information content (AvgIpc) is 2.52. The lowest BCUT2D eigenvalue weighted by atomic mass is 10.3. The second-order valence-corrected chi connectivity index (χ2v) is 4.28. The minimum atomic E-state index is -0.841. The van der Waals surface area contributed by atoms with E-state index in [9.17, 15) is 9.90 Å². The van der Waals surface area contributed by atoms with Crippen LogP contribution in [0.2, 0.25) is 0 Å². The van der Waals surface area contributed by atoms with E-state index >= 15 is 0 Å². The number of amides is 1. The third-order valence-corrected chi connectivity index (χ3v) is 2.63. The number of hydrogen-bond acceptors (Lipinski definition) is 6. The molecule has 1 aromatic heterocycles. The monoisotopic (exact) mass is 288 g/mol. The molecule has 0 bridgehead atoms. The maximum atomic E-state index is 11.8. The van der Waals surface area contributed by atoms with E-state index < -0.39 is 12.0 Å². The van der Waals surface area contributed by atoms with Gasteiger partial charge in [-0.05, 0) is 12.1 Å². The lowest BCUT2D eigenvalue weighted by Gasteiger charge is -2.13. The second-order valence-electron chi connectivity index (χ2n) is 4.28. The van der Waals surface area contributed by atoms with Gasteiger partial charge in [0.1, 0.15) is 18.5 Å². The highest BCUT2D eigenvalue weighted by molar-refractivity contribution is 5.96. The number of carbonyl (C=O) groups is 1. The zero-order valence-corrected chi connectivity index (χ0v) is 11.3. The van der Waals surface area contributed by atoms with Crippen molar-refractivity contribution in [1.82, 2.24) is 15.3 Å². The number of benzene rings is 1. The summed E-state index contributed by atoms with van der Waals surface area (Å²) in [5.41, 5.74) is 5.58. The maximum Gasteiger partial charge on any atom is 0.273 e. The van der Waals surface area contributed by atoms with E-state index in [2.05, 4.69) is 15.3 Å². The minimum Gasteiger partial charge on any atom is -0.491 e. The predicted octanol–water partition coefficient (Wildman–Crippen LogP) is 0.228. The topological polar surface area (TPSA) is 110 Å². The quantitative estimate of drug-likeness (QED) is 0.701. The molecule has 7 heteroatoms. The van der Waals surface area contributed by atoms with Crippen LogP contribution in [-0.4, -0.2) is 40.2 Å². The largest absolute Gasteiger partial charge is 0.491 e. The van der Waals surface area contributed by atoms with Gasteiger partial charge in [0, 0.05) is 18.9 Å². The number of anilines is 1. The minimum absolute atomic E-state index is 0.0294. The van der Waals surface area contributed by atoms with Gasteiger partial charge >= 0.3 is 0 Å². The van der Waals surface area contributed by atoms with Gasteiger partial charge in [-0.15, -0.1) is 0 Å². The van der Waals surface area contributed by atoms with E-state index in [1.165, 1.54) is 12.4 Å². The Morgan fingerprint density at radius 1 is 1.29 bits per heavy atom. The van der Waals surface area contributed by atoms with Gasteiger partial charge in [-0.1, -0.05) is 18.2 Å². The highest BCUT2D eigenvalue weighted by atomic mass is 16.5. The SMILES string of the molecule is Nc1nccnc1C(=O)NCC(O)COc1ccccc1. The Labute approximate surface area is 121 Å². The number of hydrogen-bond donors (Lipinski definition) is 3. The van der Waals surface area contributed by atoms with Crippen LogP contribution in [0.3, 0.4) is 0 Å². The van der Waals surface area contributed by atoms with Crippen LogP contribution in [0.5, 0.6) is 5.75 Å². The van der Waals surface area contributed by atoms with Crippen LogP contribution >= 0.6 is 0 Å². The van der Waals surface area contributed by atoms with Crippen molar-refractivity contribution in [2.45, 2.75) is 6.10 Å². The van der Waals surface area contributed by atoms with Crippen LogP contribution < -0.4 is 15.8 Å². The van der Waals surface area contributed by atoms with Gasteiger partial charge in [-0.2, -0.15) is 0 Å². The highest BCUT2D eigenvalue weighted by Gasteiger charge is 2.13. The van der Waals surface area contributed by atoms with Crippen molar-refractivity contribution in [3.05, 3.63) is 48.4 Å². The van der Waals surface area contributed by atoms with Crippen LogP contribution in [0.15, 0.2) is 42.7 Å². The number of nitrogens with one attached hydrogen (secondary N) is 1. The summed E-state index contributed by atoms with van der Waals surface area (Å²) in [5.74, 6) is 0.213. The third-order valence-electron chi connectivity index (χ3n) is 2.63. The molecule has 1 atom stereocenters. The molecule has 2 aromatic rings. The third kappa shape index (κ3) is 4.43. The molecule has 0 radical (unpaired) electrons. The molecule has 0 saturated carbocycles. The van der Waals surface area contributed by atoms with E-state index in [0.717, 1.165) is 0 Å². The molecule has 2 rings (SSSR count). The van der Waals surface area contributed by atoms with Crippen molar-refractivity contribution in [2.75, 3.05) is 18.9 Å². The Morgan fingerprint density at radius 2 is 2.00 bits per heavy atom. The lowest BCUT2D eigenvalue weighted by Crippen LogP contribution is -2.36. The fraction of sp³-hybridized carbons (Fsp3) is 0.214. The highest BCUT2D eigenvalue weighted by Crippen LogP contribution is 2.08. The molecule has 7 nitrogen and oxygen atoms in total. The first kappa shape index (κ1) is 14.7. The Balaban J connectivity index is 1.77. The molecule has 0 saturated heterocycles. The molecule has 4 N–H and O–H groups in total. The van der Waals surface area contributed by atoms with Crippen molar-refractivity contribution < 1.29 is 14.6 Å². The van der Waals surface area contributed by atoms with Crippen LogP contribution in [0.25, 0.3) is 0 Å². The van der Waals surface area contributed by atoms with E-state index in [1.807, 2.05) is 18.2 Å². The zero-order chi connectivity index (χ0) is 15.1. The molecule has 110 valence electrons. The van der Waals surface area contributed by atoms with Crippen LogP contribution in [0.1, 0.15) is 10.5 Å². The fourth-order valence-corrected chi connectivity index (χ4v) is 1.59. The Kier molecular flexibility index (Phi) is 5.05. The molecule has 21 heavy (non-hydrogen) atoms. The number of nitrogen functional groups attached to an aromatic ring is 1. The van der Waals surface area contributed by atoms with Gasteiger partial charge in [0.25, 0.3) is 5.91 Å². The summed E-state index contributed by atoms with van der Waals surface area (Å²) >= 11 is 0. The summed E-state index contributed by atoms with van der Waals surface area (Å²) in [6, 6.07) is 9.10. The first-order valence-electron chi connectivity index (χ1n) is 6.37. The number of aromatic nitrogens is 2. The van der Waals surface area contributed by atoms with Crippen molar-refractivity contribution in [3.63, 3.8) is 0 Å². The molecule has 1 heterocycles. The first-order valence-corrected chi connectivity index (χ1v) is 6.37. The van der Waals surface area contributed by atoms with Crippen molar-refractivity contribution in [3.8, 4) is 5.75 Å². The van der Waals surface area contributed by atoms with Gasteiger partial charge in [-0.3, -0.25) is 4.79 Å². The van der Waals surface area contributed by atoms with Crippen LogP contribution in [0, 0.1) is 0 Å². The number of ether oxygens (including phenoxy) is 1. The van der Waals surface area contributed by atoms with Gasteiger partial charge < -0.3 is 20.9 Å². The average molecular weight is 288 g/mol. The maximum absolute atomic E-state index is 11.8. The predicted molar refractivity (Wildman–Crippen MR) is 76.7 cm³/mol. The number of nitrogens with zero attached hydrogens (tertiary/aromatic N) is 2. The number of aliphatic hydroxyl groups is 1. The Hall–Kier alpha value is -2.67. The second kappa shape index (κ2) is 7.20. The Morgan fingerprint density at radius 3 is 2.71 bits per heavy atom. The number of aliphatic hydroxyl groups excluding tert-OH is 1. The first-order chi connectivity index (χ1) is 10.2. The molecule has 0 spiro atoms. The zero-order valence-electron chi connectivity index (χ0n) is 11.3. The van der Waals surface area contributed by atoms with Gasteiger partial charge in [0.15, 0.2) is 11.5 Å². The molecule has 0 fully saturated rings. The van der Waals surface area contributed by atoms with E-state index in [1.54, 1.807) is 12.1 Å². The summed E-state index contributed by atoms with van der Waals surface area (Å²) in [6.07, 6.45) is 1.93. The van der Waals surface area contributed by atoms with Crippen molar-refractivity contribution in [2.24, 2.45) is 0 Å². The Bertz CT molecular complexity index is 592. The standard InChI is InChI=1S/C14H16N4O3/c15-13-12(16-6-7-17-13)14(20)18-8-10(19)9-21-11-4-2-1-3-5-11/h1-7,10,19H,8-9H2,(H2,15,17)(H,18,20). The summed E-state index contributed by atoms with van der Waals surface area (Å²) in [6.45, 7) is 0.0991. The number of nitrogens with two attached hydrogens (primary N) is 1. The molecule has 0 aliphatic heterocycles. The normalized spacial score (nSPS) is 11.7. The number of para-hydroxylation sites is 1. The van der Waals surface area contributed by atoms with Gasteiger partial charge in [-0.25, -0.2) is 9.97 Å². The van der Waals surface area contributed by atoms with E-state index in [0.29, 0.717) is 5.75 Å². The molecule has 1 aromatic carbocycles. The molecular formula is C14H16N4O3. The van der Waals surface area contributed by atoms with E-state index in [4.69, 9.17) is 10.5 Å². The van der Waals surface area contributed by atoms with Crippen LogP contribution in [0.4, 0.5) is 5.82 Å². The molecule has 1 unspecified atom stereocenters. The molecule has 0 aliphatic carbocycles. The molecular weight excluding hydrogens is 272 g/mol. The van der Waals surface area contributed by atoms with Crippen molar-refractivity contribution in [1.29, 1.82) is 0 Å². The smallest absolute Gasteiger partial charge is 0.273 e. The number of rotatable bonds is 6. The number of carbonyl (C=O) groups excluding carboxylic acids is 1. The summed E-state index contributed by atoms with van der Waals surface area (Å²) in [7, 11) is 0. The summed E-state index contributed by atoms with van der Waals surface area (Å²) in [5, 5.41) is 12.3.